The summed E-state index contributed by atoms with van der Waals surface area (Å²) < 4.78 is 53.9. The lowest BCUT2D eigenvalue weighted by Crippen LogP contribution is -2.08. The van der Waals surface area contributed by atoms with E-state index in [-0.39, 0.29) is 11.4 Å². The molecule has 4 nitrogen and oxygen atoms in total. The van der Waals surface area contributed by atoms with Gasteiger partial charge >= 0.3 is 6.18 Å². The summed E-state index contributed by atoms with van der Waals surface area (Å²) in [4.78, 5) is 12.9. The Kier molecular flexibility index (Phi) is 3.91. The molecular weight excluding hydrogens is 360 g/mol. The van der Waals surface area contributed by atoms with Crippen molar-refractivity contribution >= 4 is 11.0 Å². The summed E-state index contributed by atoms with van der Waals surface area (Å²) in [7, 11) is 0. The van der Waals surface area contributed by atoms with Gasteiger partial charge in [-0.3, -0.25) is 4.57 Å². The Hall–Kier alpha value is -3.29. The lowest BCUT2D eigenvalue weighted by molar-refractivity contribution is -0.139. The molecule has 0 saturated carbocycles. The van der Waals surface area contributed by atoms with Crippen LogP contribution in [-0.4, -0.2) is 19.5 Å². The van der Waals surface area contributed by atoms with E-state index in [1.165, 1.54) is 6.20 Å². The van der Waals surface area contributed by atoms with E-state index < -0.39 is 17.6 Å². The van der Waals surface area contributed by atoms with E-state index in [0.29, 0.717) is 17.7 Å². The molecule has 0 radical (unpaired) electrons. The van der Waals surface area contributed by atoms with Crippen LogP contribution in [0.25, 0.3) is 28.2 Å². The minimum atomic E-state index is -4.75. The van der Waals surface area contributed by atoms with Gasteiger partial charge in [-0.2, -0.15) is 13.2 Å². The van der Waals surface area contributed by atoms with Gasteiger partial charge in [0.1, 0.15) is 17.5 Å². The summed E-state index contributed by atoms with van der Waals surface area (Å²) in [6.45, 7) is 1.82. The van der Waals surface area contributed by atoms with Crippen LogP contribution in [0.2, 0.25) is 0 Å². The number of aryl methyl sites for hydroxylation is 1. The fourth-order valence-corrected chi connectivity index (χ4v) is 2.93. The summed E-state index contributed by atoms with van der Waals surface area (Å²) in [5, 5.41) is 0. The molecule has 0 saturated heterocycles. The monoisotopic (exact) mass is 372 g/mol. The molecule has 2 aromatic carbocycles. The van der Waals surface area contributed by atoms with Crippen LogP contribution in [0.5, 0.6) is 0 Å². The lowest BCUT2D eigenvalue weighted by atomic mass is 10.1. The van der Waals surface area contributed by atoms with E-state index in [2.05, 4.69) is 15.0 Å². The van der Waals surface area contributed by atoms with Gasteiger partial charge in [-0.1, -0.05) is 18.2 Å². The largest absolute Gasteiger partial charge is 0.419 e. The second kappa shape index (κ2) is 6.15. The standard InChI is InChI=1S/C19H12F4N4/c1-11-25-15-4-2-3-5-16(15)27(11)17-8-9-24-18(26-17)12-6-7-13(14(20)10-12)19(21,22)23/h2-10H,1H3. The number of rotatable bonds is 2. The lowest BCUT2D eigenvalue weighted by Gasteiger charge is -2.10. The molecule has 0 bridgehead atoms. The number of halogens is 4. The molecular formula is C19H12F4N4. The zero-order valence-corrected chi connectivity index (χ0v) is 14.0. The highest BCUT2D eigenvalue weighted by molar-refractivity contribution is 5.77. The topological polar surface area (TPSA) is 43.6 Å². The van der Waals surface area contributed by atoms with Crippen molar-refractivity contribution in [3.63, 3.8) is 0 Å². The second-order valence-corrected chi connectivity index (χ2v) is 5.91. The highest BCUT2D eigenvalue weighted by Crippen LogP contribution is 2.33. The molecule has 0 amide bonds. The molecule has 2 heterocycles. The number of hydrogen-bond donors (Lipinski definition) is 0. The maximum atomic E-state index is 13.9. The van der Waals surface area contributed by atoms with Gasteiger partial charge in [0.25, 0.3) is 0 Å². The van der Waals surface area contributed by atoms with Crippen molar-refractivity contribution in [2.24, 2.45) is 0 Å². The Morgan fingerprint density at radius 3 is 2.48 bits per heavy atom. The molecule has 0 atom stereocenters. The van der Waals surface area contributed by atoms with Crippen molar-refractivity contribution in [2.45, 2.75) is 13.1 Å². The van der Waals surface area contributed by atoms with Crippen molar-refractivity contribution < 1.29 is 17.6 Å². The maximum Gasteiger partial charge on any atom is 0.419 e. The fourth-order valence-electron chi connectivity index (χ4n) is 2.93. The molecule has 0 aliphatic rings. The van der Waals surface area contributed by atoms with Gasteiger partial charge in [0, 0.05) is 11.8 Å². The van der Waals surface area contributed by atoms with E-state index in [4.69, 9.17) is 0 Å². The normalized spacial score (nSPS) is 11.9. The second-order valence-electron chi connectivity index (χ2n) is 5.91. The van der Waals surface area contributed by atoms with Gasteiger partial charge in [0.2, 0.25) is 0 Å². The first-order valence-corrected chi connectivity index (χ1v) is 7.99. The zero-order valence-electron chi connectivity index (χ0n) is 14.0. The van der Waals surface area contributed by atoms with Crippen LogP contribution in [0.4, 0.5) is 17.6 Å². The Morgan fingerprint density at radius 1 is 0.963 bits per heavy atom. The maximum absolute atomic E-state index is 13.9. The number of benzene rings is 2. The van der Waals surface area contributed by atoms with Crippen LogP contribution in [0.1, 0.15) is 11.4 Å². The molecule has 2 aromatic heterocycles. The van der Waals surface area contributed by atoms with Crippen molar-refractivity contribution in [3.05, 3.63) is 71.9 Å². The van der Waals surface area contributed by atoms with Crippen LogP contribution in [0.15, 0.2) is 54.7 Å². The van der Waals surface area contributed by atoms with Crippen molar-refractivity contribution in [3.8, 4) is 17.2 Å². The fraction of sp³-hybridized carbons (Fsp3) is 0.105. The molecule has 0 aliphatic carbocycles. The summed E-state index contributed by atoms with van der Waals surface area (Å²) in [5.74, 6) is -0.0541. The number of hydrogen-bond acceptors (Lipinski definition) is 3. The van der Waals surface area contributed by atoms with E-state index in [9.17, 15) is 17.6 Å². The number of alkyl halides is 3. The first-order chi connectivity index (χ1) is 12.8. The molecule has 136 valence electrons. The third-order valence-corrected chi connectivity index (χ3v) is 4.13. The van der Waals surface area contributed by atoms with E-state index >= 15 is 0 Å². The third-order valence-electron chi connectivity index (χ3n) is 4.13. The zero-order chi connectivity index (χ0) is 19.2. The minimum absolute atomic E-state index is 0.123. The summed E-state index contributed by atoms with van der Waals surface area (Å²) in [6.07, 6.45) is -3.28. The van der Waals surface area contributed by atoms with Gasteiger partial charge in [0.15, 0.2) is 5.82 Å². The van der Waals surface area contributed by atoms with Crippen molar-refractivity contribution in [1.29, 1.82) is 0 Å². The SMILES string of the molecule is Cc1nc2ccccc2n1-c1ccnc(-c2ccc(C(F)(F)F)c(F)c2)n1. The molecule has 0 fully saturated rings. The highest BCUT2D eigenvalue weighted by atomic mass is 19.4. The Bertz CT molecular complexity index is 1150. The molecule has 0 N–H and O–H groups in total. The van der Waals surface area contributed by atoms with Crippen LogP contribution in [0, 0.1) is 12.7 Å². The summed E-state index contributed by atoms with van der Waals surface area (Å²) >= 11 is 0. The van der Waals surface area contributed by atoms with Crippen LogP contribution >= 0.6 is 0 Å². The Balaban J connectivity index is 1.82. The predicted octanol–water partition coefficient (Wildman–Crippen LogP) is 4.95. The van der Waals surface area contributed by atoms with Crippen LogP contribution in [-0.2, 0) is 6.18 Å². The molecule has 4 aromatic rings. The number of imidazole rings is 1. The predicted molar refractivity (Wildman–Crippen MR) is 91.8 cm³/mol. The number of para-hydroxylation sites is 2. The van der Waals surface area contributed by atoms with Gasteiger partial charge in [0.05, 0.1) is 16.6 Å². The Morgan fingerprint density at radius 2 is 1.74 bits per heavy atom. The number of fused-ring (bicyclic) bond motifs is 1. The molecule has 0 unspecified atom stereocenters. The van der Waals surface area contributed by atoms with Gasteiger partial charge in [-0.05, 0) is 37.3 Å². The molecule has 0 spiro atoms. The highest BCUT2D eigenvalue weighted by Gasteiger charge is 2.34. The summed E-state index contributed by atoms with van der Waals surface area (Å²) in [5.41, 5.74) is 0.456. The van der Waals surface area contributed by atoms with E-state index in [1.807, 2.05) is 31.2 Å². The smallest absolute Gasteiger partial charge is 0.280 e. The first kappa shape index (κ1) is 17.1. The Labute approximate surface area is 151 Å². The van der Waals surface area contributed by atoms with Crippen LogP contribution < -0.4 is 0 Å². The molecule has 4 rings (SSSR count). The van der Waals surface area contributed by atoms with Gasteiger partial charge < -0.3 is 0 Å². The van der Waals surface area contributed by atoms with E-state index in [0.717, 1.165) is 23.2 Å². The van der Waals surface area contributed by atoms with Crippen LogP contribution in [0.3, 0.4) is 0 Å². The quantitative estimate of drug-likeness (QED) is 0.468. The first-order valence-electron chi connectivity index (χ1n) is 7.99. The van der Waals surface area contributed by atoms with Crippen molar-refractivity contribution in [2.75, 3.05) is 0 Å². The third kappa shape index (κ3) is 3.03. The summed E-state index contributed by atoms with van der Waals surface area (Å²) in [6, 6.07) is 11.8. The molecule has 8 heteroatoms. The molecule has 27 heavy (non-hydrogen) atoms. The minimum Gasteiger partial charge on any atom is -0.280 e. The number of aromatic nitrogens is 4. The van der Waals surface area contributed by atoms with Crippen molar-refractivity contribution in [1.82, 2.24) is 19.5 Å². The molecule has 0 aliphatic heterocycles. The van der Waals surface area contributed by atoms with E-state index in [1.54, 1.807) is 10.6 Å². The average molecular weight is 372 g/mol. The van der Waals surface area contributed by atoms with Gasteiger partial charge in [-0.15, -0.1) is 0 Å². The van der Waals surface area contributed by atoms with Gasteiger partial charge in [-0.25, -0.2) is 19.3 Å². The average Bonchev–Trinajstić information content (AvgIpc) is 2.96. The number of nitrogens with zero attached hydrogens (tertiary/aromatic N) is 4.